The molecule has 0 bridgehead atoms. The van der Waals surface area contributed by atoms with Crippen LogP contribution in [0.5, 0.6) is 5.75 Å². The number of carbonyl (C=O) groups is 2. The molecule has 0 unspecified atom stereocenters. The summed E-state index contributed by atoms with van der Waals surface area (Å²) in [6, 6.07) is 3.63. The van der Waals surface area contributed by atoms with Crippen LogP contribution in [0.4, 0.5) is 4.79 Å². The molecule has 10 heteroatoms. The topological polar surface area (TPSA) is 120 Å². The summed E-state index contributed by atoms with van der Waals surface area (Å²) in [6.45, 7) is 7.47. The number of carbonyl (C=O) groups excluding carboxylic acids is 1. The third-order valence-corrected chi connectivity index (χ3v) is 6.32. The molecule has 0 radical (unpaired) electrons. The second-order valence-electron chi connectivity index (χ2n) is 9.80. The minimum absolute atomic E-state index is 0.0478. The largest absolute Gasteiger partial charge is 0.489 e. The number of amides is 1. The lowest BCUT2D eigenvalue weighted by Crippen LogP contribution is -2.55. The van der Waals surface area contributed by atoms with Gasteiger partial charge in [-0.2, -0.15) is 0 Å². The number of aliphatic carboxylic acids is 1. The molecule has 1 N–H and O–H groups in total. The Morgan fingerprint density at radius 2 is 2.00 bits per heavy atom. The highest BCUT2D eigenvalue weighted by Gasteiger charge is 2.38. The van der Waals surface area contributed by atoms with E-state index in [4.69, 9.17) is 9.47 Å². The number of carboxylic acid groups (broad SMARTS) is 1. The molecule has 33 heavy (non-hydrogen) atoms. The van der Waals surface area contributed by atoms with E-state index in [-0.39, 0.29) is 30.1 Å². The van der Waals surface area contributed by atoms with Crippen LogP contribution in [0.15, 0.2) is 12.1 Å². The smallest absolute Gasteiger partial charge is 0.410 e. The predicted molar refractivity (Wildman–Crippen MR) is 119 cm³/mol. The maximum absolute atomic E-state index is 12.3. The summed E-state index contributed by atoms with van der Waals surface area (Å²) in [5.41, 5.74) is 2.63. The Hall–Kier alpha value is -3.17. The van der Waals surface area contributed by atoms with Crippen molar-refractivity contribution in [2.75, 3.05) is 13.1 Å². The molecule has 0 spiro atoms. The number of pyridine rings is 1. The van der Waals surface area contributed by atoms with E-state index in [2.05, 4.69) is 29.1 Å². The molecule has 1 saturated carbocycles. The van der Waals surface area contributed by atoms with E-state index in [1.54, 1.807) is 22.7 Å². The summed E-state index contributed by atoms with van der Waals surface area (Å²) in [4.78, 5) is 29.9. The highest BCUT2D eigenvalue weighted by atomic mass is 16.6. The summed E-state index contributed by atoms with van der Waals surface area (Å²) in [6.07, 6.45) is 2.39. The van der Waals surface area contributed by atoms with Gasteiger partial charge in [0.25, 0.3) is 0 Å². The van der Waals surface area contributed by atoms with E-state index in [9.17, 15) is 14.7 Å². The van der Waals surface area contributed by atoms with Crippen LogP contribution in [0.25, 0.3) is 11.4 Å². The van der Waals surface area contributed by atoms with Crippen LogP contribution < -0.4 is 4.74 Å². The summed E-state index contributed by atoms with van der Waals surface area (Å²) in [5.74, 6) is -0.488. The van der Waals surface area contributed by atoms with Crippen molar-refractivity contribution in [2.24, 2.45) is 18.4 Å². The molecule has 2 atom stereocenters. The number of nitrogens with zero attached hydrogens (tertiary/aromatic N) is 5. The molecule has 2 aromatic rings. The molecule has 1 aliphatic carbocycles. The summed E-state index contributed by atoms with van der Waals surface area (Å²) >= 11 is 0. The van der Waals surface area contributed by atoms with Crippen molar-refractivity contribution in [3.63, 3.8) is 0 Å². The molecule has 4 rings (SSSR count). The molecule has 1 saturated heterocycles. The zero-order valence-electron chi connectivity index (χ0n) is 19.6. The average Bonchev–Trinajstić information content (AvgIpc) is 3.12. The first-order chi connectivity index (χ1) is 15.6. The standard InChI is InChI=1S/C23H31N5O5/c1-14-19(33-16-7-5-6-15(10-16)21(29)30)9-8-17(24-14)20-18(27(4)26-25-20)11-32-22(31)28-12-23(2,3)13-28/h8-9,15-16H,5-7,10-13H2,1-4H3,(H,29,30)/t15-,16-/m0/s1. The van der Waals surface area contributed by atoms with Gasteiger partial charge in [-0.1, -0.05) is 19.1 Å². The Labute approximate surface area is 192 Å². The van der Waals surface area contributed by atoms with Gasteiger partial charge in [-0.3, -0.25) is 4.79 Å². The van der Waals surface area contributed by atoms with E-state index >= 15 is 0 Å². The molecule has 0 aromatic carbocycles. The molecule has 3 heterocycles. The number of likely N-dealkylation sites (tertiary alicyclic amines) is 1. The fraction of sp³-hybridized carbons (Fsp3) is 0.609. The molecule has 2 fully saturated rings. The Bertz CT molecular complexity index is 1040. The van der Waals surface area contributed by atoms with Gasteiger partial charge >= 0.3 is 12.1 Å². The van der Waals surface area contributed by atoms with Crippen LogP contribution in [0.2, 0.25) is 0 Å². The zero-order chi connectivity index (χ0) is 23.8. The van der Waals surface area contributed by atoms with Crippen LogP contribution in [0.1, 0.15) is 50.9 Å². The third-order valence-electron chi connectivity index (χ3n) is 6.32. The Morgan fingerprint density at radius 1 is 1.24 bits per heavy atom. The van der Waals surface area contributed by atoms with Crippen molar-refractivity contribution in [1.29, 1.82) is 0 Å². The van der Waals surface area contributed by atoms with Crippen molar-refractivity contribution < 1.29 is 24.2 Å². The molecule has 10 nitrogen and oxygen atoms in total. The first kappa shape index (κ1) is 23.0. The molecule has 2 aromatic heterocycles. The number of ether oxygens (including phenoxy) is 2. The normalized spacial score (nSPS) is 21.9. The van der Waals surface area contributed by atoms with Crippen molar-refractivity contribution in [2.45, 2.75) is 59.2 Å². The van der Waals surface area contributed by atoms with Gasteiger partial charge in [-0.15, -0.1) is 5.10 Å². The third kappa shape index (κ3) is 5.09. The second-order valence-corrected chi connectivity index (χ2v) is 9.80. The van der Waals surface area contributed by atoms with Crippen molar-refractivity contribution in [1.82, 2.24) is 24.9 Å². The molecular weight excluding hydrogens is 426 g/mol. The molecule has 1 amide bonds. The average molecular weight is 458 g/mol. The lowest BCUT2D eigenvalue weighted by atomic mass is 9.85. The van der Waals surface area contributed by atoms with Crippen LogP contribution in [-0.2, 0) is 23.2 Å². The van der Waals surface area contributed by atoms with E-state index in [1.807, 2.05) is 13.0 Å². The van der Waals surface area contributed by atoms with Crippen LogP contribution in [0, 0.1) is 18.3 Å². The van der Waals surface area contributed by atoms with Crippen LogP contribution >= 0.6 is 0 Å². The minimum Gasteiger partial charge on any atom is -0.489 e. The number of aryl methyl sites for hydroxylation is 2. The van der Waals surface area contributed by atoms with Crippen molar-refractivity contribution >= 4 is 12.1 Å². The molecular formula is C23H31N5O5. The van der Waals surface area contributed by atoms with Crippen molar-refractivity contribution in [3.05, 3.63) is 23.5 Å². The Kier molecular flexibility index (Phi) is 6.27. The Morgan fingerprint density at radius 3 is 2.67 bits per heavy atom. The number of hydrogen-bond donors (Lipinski definition) is 1. The quantitative estimate of drug-likeness (QED) is 0.702. The van der Waals surface area contributed by atoms with E-state index in [1.165, 1.54) is 0 Å². The Balaban J connectivity index is 1.43. The van der Waals surface area contributed by atoms with Gasteiger partial charge in [0, 0.05) is 25.6 Å². The van der Waals surface area contributed by atoms with E-state index in [0.717, 1.165) is 12.8 Å². The molecule has 178 valence electrons. The fourth-order valence-corrected chi connectivity index (χ4v) is 4.54. The van der Waals surface area contributed by atoms with E-state index in [0.29, 0.717) is 54.5 Å². The summed E-state index contributed by atoms with van der Waals surface area (Å²) < 4.78 is 13.2. The molecule has 1 aliphatic heterocycles. The maximum Gasteiger partial charge on any atom is 0.410 e. The van der Waals surface area contributed by atoms with Crippen LogP contribution in [-0.4, -0.2) is 61.2 Å². The van der Waals surface area contributed by atoms with Gasteiger partial charge in [-0.25, -0.2) is 14.5 Å². The van der Waals surface area contributed by atoms with Gasteiger partial charge in [0.2, 0.25) is 0 Å². The van der Waals surface area contributed by atoms with Crippen molar-refractivity contribution in [3.8, 4) is 17.1 Å². The SMILES string of the molecule is Cc1nc(-c2nnn(C)c2COC(=O)N2CC(C)(C)C2)ccc1O[C@H]1CCC[C@H](C(=O)O)C1. The highest BCUT2D eigenvalue weighted by Crippen LogP contribution is 2.31. The van der Waals surface area contributed by atoms with Gasteiger partial charge in [0.05, 0.1) is 23.4 Å². The maximum atomic E-state index is 12.3. The first-order valence-corrected chi connectivity index (χ1v) is 11.3. The molecule has 2 aliphatic rings. The number of rotatable bonds is 6. The monoisotopic (exact) mass is 457 g/mol. The number of aromatic nitrogens is 4. The van der Waals surface area contributed by atoms with Gasteiger partial charge in [-0.05, 0) is 44.7 Å². The number of carboxylic acids is 1. The lowest BCUT2D eigenvalue weighted by Gasteiger charge is -2.44. The predicted octanol–water partition coefficient (Wildman–Crippen LogP) is 3.19. The van der Waals surface area contributed by atoms with Gasteiger partial charge in [0.1, 0.15) is 23.7 Å². The van der Waals surface area contributed by atoms with E-state index < -0.39 is 5.97 Å². The number of hydrogen-bond acceptors (Lipinski definition) is 7. The van der Waals surface area contributed by atoms with Crippen LogP contribution in [0.3, 0.4) is 0 Å². The van der Waals surface area contributed by atoms with Gasteiger partial charge < -0.3 is 19.5 Å². The summed E-state index contributed by atoms with van der Waals surface area (Å²) in [7, 11) is 1.75. The second kappa shape index (κ2) is 8.99. The van der Waals surface area contributed by atoms with Gasteiger partial charge in [0.15, 0.2) is 0 Å². The lowest BCUT2D eigenvalue weighted by molar-refractivity contribution is -0.143. The summed E-state index contributed by atoms with van der Waals surface area (Å²) in [5, 5.41) is 17.6. The minimum atomic E-state index is -0.762. The fourth-order valence-electron chi connectivity index (χ4n) is 4.54. The zero-order valence-corrected chi connectivity index (χ0v) is 19.6. The highest BCUT2D eigenvalue weighted by molar-refractivity contribution is 5.70. The first-order valence-electron chi connectivity index (χ1n) is 11.3.